The van der Waals surface area contributed by atoms with Crippen molar-refractivity contribution in [1.29, 1.82) is 5.26 Å². The van der Waals surface area contributed by atoms with Crippen molar-refractivity contribution in [2.75, 3.05) is 37.0 Å². The van der Waals surface area contributed by atoms with Gasteiger partial charge in [0.05, 0.1) is 36.6 Å². The average Bonchev–Trinajstić information content (AvgIpc) is 3.70. The summed E-state index contributed by atoms with van der Waals surface area (Å²) in [4.78, 5) is 42.6. The van der Waals surface area contributed by atoms with Crippen molar-refractivity contribution in [3.63, 3.8) is 0 Å². The van der Waals surface area contributed by atoms with Crippen molar-refractivity contribution in [1.82, 2.24) is 14.7 Å². The molecule has 228 valence electrons. The van der Waals surface area contributed by atoms with Gasteiger partial charge in [-0.1, -0.05) is 42.5 Å². The van der Waals surface area contributed by atoms with E-state index in [1.165, 1.54) is 94.5 Å². The topological polar surface area (TPSA) is 141 Å². The molecule has 0 radical (unpaired) electrons. The minimum absolute atomic E-state index is 0.0237. The second kappa shape index (κ2) is 11.5. The number of alkyl halides is 2. The maximum atomic E-state index is 15.3. The lowest BCUT2D eigenvalue weighted by Gasteiger charge is -2.37. The van der Waals surface area contributed by atoms with Gasteiger partial charge in [-0.2, -0.15) is 19.1 Å². The van der Waals surface area contributed by atoms with Crippen LogP contribution in [0.4, 0.5) is 20.2 Å². The molecule has 2 aliphatic rings. The van der Waals surface area contributed by atoms with E-state index in [0.29, 0.717) is 11.4 Å². The molecule has 2 atom stereocenters. The van der Waals surface area contributed by atoms with E-state index in [0.717, 1.165) is 0 Å². The third-order valence-corrected chi connectivity index (χ3v) is 8.08. The van der Waals surface area contributed by atoms with E-state index < -0.39 is 42.3 Å². The minimum atomic E-state index is -3.28. The number of nitrogens with one attached hydrogen (secondary N) is 1. The maximum absolute atomic E-state index is 15.3. The Morgan fingerprint density at radius 1 is 1.07 bits per heavy atom. The fourth-order valence-electron chi connectivity index (χ4n) is 5.84. The number of amides is 3. The van der Waals surface area contributed by atoms with Crippen LogP contribution < -0.4 is 15.0 Å². The normalized spacial score (nSPS) is 17.4. The summed E-state index contributed by atoms with van der Waals surface area (Å²) in [6.07, 6.45) is 1.32. The number of rotatable bonds is 7. The lowest BCUT2D eigenvalue weighted by atomic mass is 9.99. The molecule has 13 heteroatoms. The highest BCUT2D eigenvalue weighted by Gasteiger charge is 2.49. The Bertz CT molecular complexity index is 1840. The Balaban J connectivity index is 1.36. The van der Waals surface area contributed by atoms with Crippen LogP contribution >= 0.6 is 0 Å². The first kappa shape index (κ1) is 29.5. The molecule has 2 N–H and O–H groups in total. The number of nitriles is 1. The molecule has 2 aliphatic heterocycles. The number of carbonyl (C=O) groups excluding carboxylic acids is 3. The monoisotopic (exact) mass is 612 g/mol. The number of likely N-dealkylation sites (tertiary alicyclic amines) is 1. The number of hydrogen-bond acceptors (Lipinski definition) is 7. The molecule has 6 rings (SSSR count). The number of carbonyl (C=O) groups is 3. The van der Waals surface area contributed by atoms with Gasteiger partial charge < -0.3 is 20.1 Å². The lowest BCUT2D eigenvalue weighted by Crippen LogP contribution is -2.51. The first-order valence-corrected chi connectivity index (χ1v) is 13.9. The Labute approximate surface area is 255 Å². The number of benzene rings is 3. The van der Waals surface area contributed by atoms with E-state index in [9.17, 15) is 24.8 Å². The van der Waals surface area contributed by atoms with Crippen molar-refractivity contribution >= 4 is 29.1 Å². The van der Waals surface area contributed by atoms with Gasteiger partial charge in [-0.15, -0.1) is 0 Å². The van der Waals surface area contributed by atoms with Gasteiger partial charge in [0.2, 0.25) is 5.91 Å². The molecule has 4 aromatic rings. The van der Waals surface area contributed by atoms with Crippen LogP contribution in [0.5, 0.6) is 5.75 Å². The SMILES string of the molecule is COc1ccc(C(=O)Nc2cnn3c2C(=O)N(c2ccc(C(F)(F)c4ccccc4)cc2)[C@H]2CN(C(=O)CO)C[C@@H]23)cc1C#N. The maximum Gasteiger partial charge on any atom is 0.298 e. The van der Waals surface area contributed by atoms with Crippen LogP contribution in [0.15, 0.2) is 79.0 Å². The first-order valence-electron chi connectivity index (χ1n) is 13.9. The van der Waals surface area contributed by atoms with Gasteiger partial charge in [-0.05, 0) is 30.3 Å². The van der Waals surface area contributed by atoms with Crippen LogP contribution in [0.3, 0.4) is 0 Å². The number of aliphatic hydroxyl groups is 1. The zero-order valence-corrected chi connectivity index (χ0v) is 23.9. The minimum Gasteiger partial charge on any atom is -0.495 e. The Morgan fingerprint density at radius 2 is 1.76 bits per heavy atom. The number of hydrogen-bond donors (Lipinski definition) is 2. The fraction of sp³-hybridized carbons (Fsp3) is 0.219. The number of fused-ring (bicyclic) bond motifs is 3. The number of methoxy groups -OCH3 is 1. The van der Waals surface area contributed by atoms with Gasteiger partial charge in [0, 0.05) is 35.5 Å². The molecule has 3 amide bonds. The van der Waals surface area contributed by atoms with Crippen molar-refractivity contribution in [2.45, 2.75) is 18.0 Å². The standard InChI is InChI=1S/C32H26F2N6O5/c1-45-27-12-7-19(13-20(27)14-35)30(43)37-24-15-36-40-26-17-38(28(42)18-41)16-25(26)39(31(44)29(24)40)23-10-8-22(9-11-23)32(33,34)21-5-3-2-4-6-21/h2-13,15,25-26,41H,16-18H2,1H3,(H,37,43)/t25-,26-/m0/s1. The molecule has 1 saturated heterocycles. The van der Waals surface area contributed by atoms with E-state index in [4.69, 9.17) is 4.74 Å². The van der Waals surface area contributed by atoms with Crippen LogP contribution in [-0.2, 0) is 10.7 Å². The first-order chi connectivity index (χ1) is 21.7. The summed E-state index contributed by atoms with van der Waals surface area (Å²) in [7, 11) is 1.40. The van der Waals surface area contributed by atoms with Crippen LogP contribution in [-0.4, -0.2) is 70.4 Å². The quantitative estimate of drug-likeness (QED) is 0.325. The third-order valence-electron chi connectivity index (χ3n) is 8.08. The van der Waals surface area contributed by atoms with Crippen molar-refractivity contribution < 1.29 is 33.0 Å². The molecule has 3 aromatic carbocycles. The van der Waals surface area contributed by atoms with Gasteiger partial charge in [-0.3, -0.25) is 24.0 Å². The van der Waals surface area contributed by atoms with E-state index in [1.54, 1.807) is 6.07 Å². The molecular formula is C32H26F2N6O5. The second-order valence-corrected chi connectivity index (χ2v) is 10.6. The predicted molar refractivity (Wildman–Crippen MR) is 157 cm³/mol. The zero-order valence-electron chi connectivity index (χ0n) is 23.9. The third kappa shape index (κ3) is 5.04. The number of halogens is 2. The van der Waals surface area contributed by atoms with Crippen LogP contribution in [0.1, 0.15) is 43.6 Å². The largest absolute Gasteiger partial charge is 0.495 e. The highest BCUT2D eigenvalue weighted by atomic mass is 19.3. The number of nitrogens with zero attached hydrogens (tertiary/aromatic N) is 5. The summed E-state index contributed by atoms with van der Waals surface area (Å²) in [5.74, 6) is -4.71. The summed E-state index contributed by atoms with van der Waals surface area (Å²) >= 11 is 0. The van der Waals surface area contributed by atoms with Gasteiger partial charge in [0.1, 0.15) is 18.4 Å². The van der Waals surface area contributed by atoms with Gasteiger partial charge in [-0.25, -0.2) is 0 Å². The van der Waals surface area contributed by atoms with E-state index in [2.05, 4.69) is 10.4 Å². The molecule has 1 fully saturated rings. The Kier molecular flexibility index (Phi) is 7.51. The molecule has 3 heterocycles. The summed E-state index contributed by atoms with van der Waals surface area (Å²) < 4.78 is 37.1. The smallest absolute Gasteiger partial charge is 0.298 e. The summed E-state index contributed by atoms with van der Waals surface area (Å²) in [5.41, 5.74) is 0.256. The average molecular weight is 613 g/mol. The van der Waals surface area contributed by atoms with Crippen molar-refractivity contribution in [3.05, 3.63) is 107 Å². The molecule has 0 unspecified atom stereocenters. The molecule has 11 nitrogen and oxygen atoms in total. The second-order valence-electron chi connectivity index (χ2n) is 10.6. The van der Waals surface area contributed by atoms with Gasteiger partial charge in [0.25, 0.3) is 17.7 Å². The van der Waals surface area contributed by atoms with E-state index >= 15 is 8.78 Å². The molecular weight excluding hydrogens is 586 g/mol. The van der Waals surface area contributed by atoms with Crippen LogP contribution in [0.2, 0.25) is 0 Å². The number of aliphatic hydroxyl groups excluding tert-OH is 1. The summed E-state index contributed by atoms with van der Waals surface area (Å²) in [6, 6.07) is 17.8. The van der Waals surface area contributed by atoms with Crippen molar-refractivity contribution in [2.24, 2.45) is 0 Å². The summed E-state index contributed by atoms with van der Waals surface area (Å²) in [6.45, 7) is -0.540. The molecule has 0 aliphatic carbocycles. The highest BCUT2D eigenvalue weighted by molar-refractivity contribution is 6.13. The number of anilines is 2. The van der Waals surface area contributed by atoms with E-state index in [-0.39, 0.29) is 46.7 Å². The number of aromatic nitrogens is 2. The van der Waals surface area contributed by atoms with Crippen molar-refractivity contribution in [3.8, 4) is 11.8 Å². The summed E-state index contributed by atoms with van der Waals surface area (Å²) in [5, 5.41) is 26.0. The molecule has 0 spiro atoms. The van der Waals surface area contributed by atoms with Gasteiger partial charge in [0.15, 0.2) is 5.69 Å². The zero-order chi connectivity index (χ0) is 31.9. The van der Waals surface area contributed by atoms with Crippen LogP contribution in [0, 0.1) is 11.3 Å². The molecule has 45 heavy (non-hydrogen) atoms. The Hall–Kier alpha value is -5.61. The Morgan fingerprint density at radius 3 is 2.42 bits per heavy atom. The van der Waals surface area contributed by atoms with Crippen LogP contribution in [0.25, 0.3) is 0 Å². The fourth-order valence-corrected chi connectivity index (χ4v) is 5.84. The number of ether oxygens (including phenoxy) is 1. The van der Waals surface area contributed by atoms with E-state index in [1.807, 2.05) is 6.07 Å². The highest BCUT2D eigenvalue weighted by Crippen LogP contribution is 2.41. The molecule has 0 bridgehead atoms. The predicted octanol–water partition coefficient (Wildman–Crippen LogP) is 3.56. The molecule has 0 saturated carbocycles. The van der Waals surface area contributed by atoms with Gasteiger partial charge >= 0.3 is 0 Å². The lowest BCUT2D eigenvalue weighted by molar-refractivity contribution is -0.133. The molecule has 1 aromatic heterocycles.